The normalized spacial score (nSPS) is 11.3. The molecule has 3 rings (SSSR count). The molecule has 0 fully saturated rings. The smallest absolute Gasteiger partial charge is 0.264 e. The van der Waals surface area contributed by atoms with E-state index in [1.807, 2.05) is 43.8 Å². The maximum Gasteiger partial charge on any atom is 0.264 e. The molecule has 3 aromatic rings. The predicted octanol–water partition coefficient (Wildman–Crippen LogP) is 5.25. The Bertz CT molecular complexity index is 1210. The maximum atomic E-state index is 13.4. The summed E-state index contributed by atoms with van der Waals surface area (Å²) in [6.45, 7) is 6.09. The highest BCUT2D eigenvalue weighted by molar-refractivity contribution is 7.98. The molecule has 0 unspecified atom stereocenters. The van der Waals surface area contributed by atoms with Crippen LogP contribution >= 0.6 is 11.8 Å². The minimum Gasteiger partial charge on any atom is -0.354 e. The van der Waals surface area contributed by atoms with Crippen molar-refractivity contribution >= 4 is 33.4 Å². The first-order chi connectivity index (χ1) is 16.3. The Labute approximate surface area is 207 Å². The standard InChI is InChI=1S/C27H32N2O3S2/c1-21-9-7-10-24(17-21)20-33-16-8-15-28-27(30)19-29(26-18-22(2)13-14-23(26)3)34(31,32)25-11-5-4-6-12-25/h4-7,9-14,17-18H,8,15-16,19-20H2,1-3H3,(H,28,30). The molecule has 0 aliphatic rings. The van der Waals surface area contributed by atoms with E-state index in [1.165, 1.54) is 15.4 Å². The van der Waals surface area contributed by atoms with Gasteiger partial charge in [0.15, 0.2) is 0 Å². The SMILES string of the molecule is Cc1cccc(CSCCCNC(=O)CN(c2cc(C)ccc2C)S(=O)(=O)c2ccccc2)c1. The highest BCUT2D eigenvalue weighted by atomic mass is 32.2. The number of aryl methyl sites for hydroxylation is 3. The molecule has 0 aromatic heterocycles. The lowest BCUT2D eigenvalue weighted by molar-refractivity contribution is -0.119. The summed E-state index contributed by atoms with van der Waals surface area (Å²) in [7, 11) is -3.89. The number of hydrogen-bond acceptors (Lipinski definition) is 4. The second kappa shape index (κ2) is 12.1. The van der Waals surface area contributed by atoms with Crippen molar-refractivity contribution in [1.82, 2.24) is 5.32 Å². The summed E-state index contributed by atoms with van der Waals surface area (Å²) < 4.78 is 28.1. The molecular formula is C27H32N2O3S2. The molecule has 0 aliphatic carbocycles. The van der Waals surface area contributed by atoms with Crippen LogP contribution in [0, 0.1) is 20.8 Å². The van der Waals surface area contributed by atoms with Crippen LogP contribution < -0.4 is 9.62 Å². The number of rotatable bonds is 11. The number of sulfonamides is 1. The molecular weight excluding hydrogens is 464 g/mol. The molecule has 180 valence electrons. The summed E-state index contributed by atoms with van der Waals surface area (Å²) >= 11 is 1.82. The zero-order chi connectivity index (χ0) is 24.6. The molecule has 5 nitrogen and oxygen atoms in total. The van der Waals surface area contributed by atoms with Crippen LogP contribution in [-0.2, 0) is 20.6 Å². The Morgan fingerprint density at radius 2 is 1.65 bits per heavy atom. The maximum absolute atomic E-state index is 13.4. The summed E-state index contributed by atoms with van der Waals surface area (Å²) in [5, 5.41) is 2.89. The minimum absolute atomic E-state index is 0.163. The molecule has 0 atom stereocenters. The van der Waals surface area contributed by atoms with Gasteiger partial charge in [-0.05, 0) is 67.8 Å². The van der Waals surface area contributed by atoms with Gasteiger partial charge in [-0.2, -0.15) is 11.8 Å². The Balaban J connectivity index is 1.61. The van der Waals surface area contributed by atoms with Crippen LogP contribution in [0.2, 0.25) is 0 Å². The number of anilines is 1. The van der Waals surface area contributed by atoms with Gasteiger partial charge in [0.25, 0.3) is 10.0 Å². The van der Waals surface area contributed by atoms with Crippen LogP contribution in [0.15, 0.2) is 77.7 Å². The first-order valence-electron chi connectivity index (χ1n) is 11.3. The number of carbonyl (C=O) groups is 1. The van der Waals surface area contributed by atoms with Gasteiger partial charge in [-0.25, -0.2) is 8.42 Å². The number of hydrogen-bond donors (Lipinski definition) is 1. The van der Waals surface area contributed by atoms with Crippen LogP contribution in [0.3, 0.4) is 0 Å². The molecule has 0 bridgehead atoms. The second-order valence-electron chi connectivity index (χ2n) is 8.36. The number of nitrogens with zero attached hydrogens (tertiary/aromatic N) is 1. The number of benzene rings is 3. The van der Waals surface area contributed by atoms with Gasteiger partial charge >= 0.3 is 0 Å². The van der Waals surface area contributed by atoms with E-state index in [1.54, 1.807) is 30.3 Å². The van der Waals surface area contributed by atoms with Crippen molar-refractivity contribution < 1.29 is 13.2 Å². The van der Waals surface area contributed by atoms with E-state index in [0.29, 0.717) is 12.2 Å². The molecule has 0 aliphatic heterocycles. The van der Waals surface area contributed by atoms with Crippen LogP contribution in [0.4, 0.5) is 5.69 Å². The van der Waals surface area contributed by atoms with Gasteiger partial charge in [-0.15, -0.1) is 0 Å². The molecule has 1 amide bonds. The molecule has 3 aromatic carbocycles. The quantitative estimate of drug-likeness (QED) is 0.368. The third-order valence-electron chi connectivity index (χ3n) is 5.39. The van der Waals surface area contributed by atoms with Gasteiger partial charge in [0.1, 0.15) is 6.54 Å². The number of nitrogens with one attached hydrogen (secondary N) is 1. The van der Waals surface area contributed by atoms with E-state index in [2.05, 4.69) is 36.5 Å². The highest BCUT2D eigenvalue weighted by Gasteiger charge is 2.28. The summed E-state index contributed by atoms with van der Waals surface area (Å²) in [5.74, 6) is 1.53. The predicted molar refractivity (Wildman–Crippen MR) is 142 cm³/mol. The topological polar surface area (TPSA) is 66.5 Å². The monoisotopic (exact) mass is 496 g/mol. The zero-order valence-corrected chi connectivity index (χ0v) is 21.6. The van der Waals surface area contributed by atoms with Gasteiger partial charge in [-0.3, -0.25) is 9.10 Å². The fourth-order valence-corrected chi connectivity index (χ4v) is 5.99. The Morgan fingerprint density at radius 3 is 2.38 bits per heavy atom. The van der Waals surface area contributed by atoms with Crippen molar-refractivity contribution in [3.63, 3.8) is 0 Å². The van der Waals surface area contributed by atoms with Crippen LogP contribution in [0.5, 0.6) is 0 Å². The van der Waals surface area contributed by atoms with Crippen LogP contribution in [0.1, 0.15) is 28.7 Å². The summed E-state index contributed by atoms with van der Waals surface area (Å²) in [6, 6.07) is 22.3. The first kappa shape index (κ1) is 25.8. The van der Waals surface area contributed by atoms with E-state index in [0.717, 1.165) is 29.1 Å². The number of carbonyl (C=O) groups excluding carboxylic acids is 1. The van der Waals surface area contributed by atoms with Crippen molar-refractivity contribution in [3.05, 3.63) is 95.1 Å². The van der Waals surface area contributed by atoms with Gasteiger partial charge < -0.3 is 5.32 Å². The average Bonchev–Trinajstić information content (AvgIpc) is 2.82. The van der Waals surface area contributed by atoms with Crippen molar-refractivity contribution in [2.45, 2.75) is 37.8 Å². The molecule has 0 heterocycles. The van der Waals surface area contributed by atoms with Crippen LogP contribution in [0.25, 0.3) is 0 Å². The van der Waals surface area contributed by atoms with Gasteiger partial charge in [-0.1, -0.05) is 60.2 Å². The van der Waals surface area contributed by atoms with Gasteiger partial charge in [0.05, 0.1) is 10.6 Å². The van der Waals surface area contributed by atoms with Crippen molar-refractivity contribution in [2.24, 2.45) is 0 Å². The van der Waals surface area contributed by atoms with Crippen LogP contribution in [-0.4, -0.2) is 33.2 Å². The lowest BCUT2D eigenvalue weighted by Crippen LogP contribution is -2.41. The minimum atomic E-state index is -3.89. The third-order valence-corrected chi connectivity index (χ3v) is 8.28. The number of amides is 1. The van der Waals surface area contributed by atoms with Crippen molar-refractivity contribution in [3.8, 4) is 0 Å². The molecule has 0 saturated heterocycles. The Kier molecular flexibility index (Phi) is 9.19. The molecule has 1 N–H and O–H groups in total. The Morgan fingerprint density at radius 1 is 0.912 bits per heavy atom. The fourth-order valence-electron chi connectivity index (χ4n) is 3.59. The van der Waals surface area contributed by atoms with E-state index in [4.69, 9.17) is 0 Å². The highest BCUT2D eigenvalue weighted by Crippen LogP contribution is 2.27. The molecule has 0 spiro atoms. The molecule has 7 heteroatoms. The van der Waals surface area contributed by atoms with E-state index in [9.17, 15) is 13.2 Å². The summed E-state index contributed by atoms with van der Waals surface area (Å²) in [4.78, 5) is 12.9. The fraction of sp³-hybridized carbons (Fsp3) is 0.296. The lowest BCUT2D eigenvalue weighted by Gasteiger charge is -2.26. The molecule has 0 saturated carbocycles. The molecule has 34 heavy (non-hydrogen) atoms. The van der Waals surface area contributed by atoms with Gasteiger partial charge in [0, 0.05) is 12.3 Å². The first-order valence-corrected chi connectivity index (χ1v) is 13.9. The third kappa shape index (κ3) is 7.11. The average molecular weight is 497 g/mol. The lowest BCUT2D eigenvalue weighted by atomic mass is 10.1. The van der Waals surface area contributed by atoms with Crippen molar-refractivity contribution in [1.29, 1.82) is 0 Å². The summed E-state index contributed by atoms with van der Waals surface area (Å²) in [5.41, 5.74) is 4.80. The largest absolute Gasteiger partial charge is 0.354 e. The zero-order valence-electron chi connectivity index (χ0n) is 20.0. The Hall–Kier alpha value is -2.77. The van der Waals surface area contributed by atoms with E-state index >= 15 is 0 Å². The second-order valence-corrected chi connectivity index (χ2v) is 11.3. The van der Waals surface area contributed by atoms with E-state index in [-0.39, 0.29) is 17.3 Å². The number of thioether (sulfide) groups is 1. The van der Waals surface area contributed by atoms with Crippen molar-refractivity contribution in [2.75, 3.05) is 23.1 Å². The van der Waals surface area contributed by atoms with Gasteiger partial charge in [0.2, 0.25) is 5.91 Å². The van der Waals surface area contributed by atoms with E-state index < -0.39 is 10.0 Å². The molecule has 0 radical (unpaired) electrons. The summed E-state index contributed by atoms with van der Waals surface area (Å²) in [6.07, 6.45) is 0.817.